The van der Waals surface area contributed by atoms with Gasteiger partial charge in [-0.05, 0) is 30.3 Å². The van der Waals surface area contributed by atoms with Crippen LogP contribution >= 0.6 is 0 Å². The predicted octanol–water partition coefficient (Wildman–Crippen LogP) is 2.98. The van der Waals surface area contributed by atoms with E-state index in [9.17, 15) is 9.18 Å². The van der Waals surface area contributed by atoms with Crippen molar-refractivity contribution in [3.63, 3.8) is 0 Å². The minimum Gasteiger partial charge on any atom is -0.478 e. The van der Waals surface area contributed by atoms with Gasteiger partial charge in [0.05, 0.1) is 11.3 Å². The van der Waals surface area contributed by atoms with E-state index in [0.717, 1.165) is 0 Å². The topological polar surface area (TPSA) is 73.2 Å². The predicted molar refractivity (Wildman–Crippen MR) is 75.3 cm³/mol. The number of carboxylic acids is 1. The number of aromatic carboxylic acids is 1. The zero-order chi connectivity index (χ0) is 14.7. The second-order valence-corrected chi connectivity index (χ2v) is 4.20. The number of halogens is 1. The van der Waals surface area contributed by atoms with Gasteiger partial charge in [0.2, 0.25) is 0 Å². The third kappa shape index (κ3) is 2.66. The second-order valence-electron chi connectivity index (χ2n) is 4.20. The lowest BCUT2D eigenvalue weighted by atomic mass is 9.98. The molecule has 0 aliphatic carbocycles. The van der Waals surface area contributed by atoms with Gasteiger partial charge in [0.25, 0.3) is 0 Å². The smallest absolute Gasteiger partial charge is 0.335 e. The number of carbonyl (C=O) groups is 1. The zero-order valence-electron chi connectivity index (χ0n) is 10.8. The van der Waals surface area contributed by atoms with Gasteiger partial charge in [-0.15, -0.1) is 0 Å². The maximum absolute atomic E-state index is 13.2. The average Bonchev–Trinajstić information content (AvgIpc) is 2.45. The van der Waals surface area contributed by atoms with E-state index in [1.807, 2.05) is 0 Å². The molecule has 102 valence electrons. The van der Waals surface area contributed by atoms with E-state index in [0.29, 0.717) is 16.8 Å². The summed E-state index contributed by atoms with van der Waals surface area (Å²) in [5, 5.41) is 20.1. The Morgan fingerprint density at radius 1 is 1.20 bits per heavy atom. The van der Waals surface area contributed by atoms with Crippen molar-refractivity contribution in [1.29, 1.82) is 5.41 Å². The summed E-state index contributed by atoms with van der Waals surface area (Å²) >= 11 is 0. The second kappa shape index (κ2) is 5.52. The molecule has 0 aliphatic heterocycles. The summed E-state index contributed by atoms with van der Waals surface area (Å²) in [6.07, 6.45) is 0. The van der Waals surface area contributed by atoms with Crippen LogP contribution in [0.25, 0.3) is 0 Å². The lowest BCUT2D eigenvalue weighted by Crippen LogP contribution is -2.08. The number of rotatable bonds is 4. The molecule has 3 N–H and O–H groups in total. The molecule has 0 unspecified atom stereocenters. The Morgan fingerprint density at radius 2 is 1.95 bits per heavy atom. The molecule has 2 aromatic carbocycles. The van der Waals surface area contributed by atoms with Crippen LogP contribution in [0.2, 0.25) is 0 Å². The van der Waals surface area contributed by atoms with Gasteiger partial charge in [0.15, 0.2) is 0 Å². The van der Waals surface area contributed by atoms with E-state index in [4.69, 9.17) is 10.5 Å². The largest absolute Gasteiger partial charge is 0.478 e. The highest BCUT2D eigenvalue weighted by molar-refractivity contribution is 6.14. The van der Waals surface area contributed by atoms with Crippen LogP contribution in [0, 0.1) is 11.2 Å². The monoisotopic (exact) mass is 272 g/mol. The van der Waals surface area contributed by atoms with Gasteiger partial charge in [-0.1, -0.05) is 12.1 Å². The van der Waals surface area contributed by atoms with Gasteiger partial charge < -0.3 is 10.4 Å². The fraction of sp³-hybridized carbons (Fsp3) is 0.0667. The quantitative estimate of drug-likeness (QED) is 0.749. The molecule has 0 aliphatic rings. The number of hydrogen-bond donors (Lipinski definition) is 3. The molecular weight excluding hydrogens is 259 g/mol. The number of benzene rings is 2. The molecule has 0 saturated heterocycles. The SMILES string of the molecule is CNc1ccc(C(=O)O)cc1C(=N)c1cccc(F)c1. The first-order chi connectivity index (χ1) is 9.52. The van der Waals surface area contributed by atoms with E-state index in [1.165, 1.54) is 30.3 Å². The van der Waals surface area contributed by atoms with Gasteiger partial charge in [0, 0.05) is 23.9 Å². The van der Waals surface area contributed by atoms with E-state index >= 15 is 0 Å². The highest BCUT2D eigenvalue weighted by Crippen LogP contribution is 2.21. The summed E-state index contributed by atoms with van der Waals surface area (Å²) in [5.41, 5.74) is 1.57. The van der Waals surface area contributed by atoms with Crippen molar-refractivity contribution in [3.8, 4) is 0 Å². The van der Waals surface area contributed by atoms with Crippen LogP contribution in [-0.4, -0.2) is 23.8 Å². The molecule has 0 spiro atoms. The molecule has 0 saturated carbocycles. The molecule has 0 heterocycles. The van der Waals surface area contributed by atoms with Gasteiger partial charge in [-0.2, -0.15) is 0 Å². The third-order valence-corrected chi connectivity index (χ3v) is 2.92. The Bertz CT molecular complexity index is 683. The van der Waals surface area contributed by atoms with Crippen molar-refractivity contribution in [2.45, 2.75) is 0 Å². The lowest BCUT2D eigenvalue weighted by Gasteiger charge is -2.11. The van der Waals surface area contributed by atoms with Crippen molar-refractivity contribution < 1.29 is 14.3 Å². The third-order valence-electron chi connectivity index (χ3n) is 2.92. The van der Waals surface area contributed by atoms with Crippen molar-refractivity contribution in [2.75, 3.05) is 12.4 Å². The van der Waals surface area contributed by atoms with E-state index in [1.54, 1.807) is 19.2 Å². The first-order valence-electron chi connectivity index (χ1n) is 5.93. The fourth-order valence-electron chi connectivity index (χ4n) is 1.90. The molecule has 4 nitrogen and oxygen atoms in total. The van der Waals surface area contributed by atoms with Crippen molar-refractivity contribution in [2.24, 2.45) is 0 Å². The molecule has 0 amide bonds. The molecule has 5 heteroatoms. The molecule has 0 fully saturated rings. The average molecular weight is 272 g/mol. The molecule has 0 radical (unpaired) electrons. The van der Waals surface area contributed by atoms with Gasteiger partial charge in [-0.3, -0.25) is 5.41 Å². The lowest BCUT2D eigenvalue weighted by molar-refractivity contribution is 0.0697. The van der Waals surface area contributed by atoms with Gasteiger partial charge in [0.1, 0.15) is 5.82 Å². The summed E-state index contributed by atoms with van der Waals surface area (Å²) in [7, 11) is 1.68. The van der Waals surface area contributed by atoms with Gasteiger partial charge >= 0.3 is 5.97 Å². The molecule has 2 rings (SSSR count). The Labute approximate surface area is 115 Å². The van der Waals surface area contributed by atoms with Crippen LogP contribution in [0.5, 0.6) is 0 Å². The molecule has 20 heavy (non-hydrogen) atoms. The maximum atomic E-state index is 13.2. The minimum atomic E-state index is -1.07. The molecule has 0 bridgehead atoms. The van der Waals surface area contributed by atoms with Crippen LogP contribution in [0.3, 0.4) is 0 Å². The minimum absolute atomic E-state index is 0.0666. The van der Waals surface area contributed by atoms with Crippen LogP contribution in [-0.2, 0) is 0 Å². The Balaban J connectivity index is 2.52. The maximum Gasteiger partial charge on any atom is 0.335 e. The first-order valence-corrected chi connectivity index (χ1v) is 5.93. The molecule has 0 aromatic heterocycles. The summed E-state index contributed by atoms with van der Waals surface area (Å²) in [4.78, 5) is 11.0. The summed E-state index contributed by atoms with van der Waals surface area (Å²) < 4.78 is 13.2. The van der Waals surface area contributed by atoms with E-state index < -0.39 is 11.8 Å². The normalized spacial score (nSPS) is 10.1. The Hall–Kier alpha value is -2.69. The fourth-order valence-corrected chi connectivity index (χ4v) is 1.90. The van der Waals surface area contributed by atoms with Crippen LogP contribution in [0.4, 0.5) is 10.1 Å². The van der Waals surface area contributed by atoms with Crippen LogP contribution in [0.1, 0.15) is 21.5 Å². The van der Waals surface area contributed by atoms with E-state index in [-0.39, 0.29) is 11.3 Å². The molecule has 2 aromatic rings. The van der Waals surface area contributed by atoms with Crippen molar-refractivity contribution in [1.82, 2.24) is 0 Å². The Morgan fingerprint density at radius 3 is 2.55 bits per heavy atom. The standard InChI is InChI=1S/C15H13FN2O2/c1-18-13-6-5-10(15(19)20)8-12(13)14(17)9-3-2-4-11(16)7-9/h2-8,17-18H,1H3,(H,19,20). The van der Waals surface area contributed by atoms with E-state index in [2.05, 4.69) is 5.32 Å². The first kappa shape index (κ1) is 13.7. The van der Waals surface area contributed by atoms with Gasteiger partial charge in [-0.25, -0.2) is 9.18 Å². The zero-order valence-corrected chi connectivity index (χ0v) is 10.8. The van der Waals surface area contributed by atoms with Crippen molar-refractivity contribution >= 4 is 17.4 Å². The van der Waals surface area contributed by atoms with Crippen molar-refractivity contribution in [3.05, 3.63) is 65.0 Å². The highest BCUT2D eigenvalue weighted by Gasteiger charge is 2.13. The highest BCUT2D eigenvalue weighted by atomic mass is 19.1. The number of carboxylic acid groups (broad SMARTS) is 1. The number of anilines is 1. The summed E-state index contributed by atoms with van der Waals surface area (Å²) in [6.45, 7) is 0. The summed E-state index contributed by atoms with van der Waals surface area (Å²) in [5.74, 6) is -1.51. The summed E-state index contributed by atoms with van der Waals surface area (Å²) in [6, 6.07) is 10.1. The number of hydrogen-bond acceptors (Lipinski definition) is 3. The molecular formula is C15H13FN2O2. The Kier molecular flexibility index (Phi) is 3.79. The molecule has 0 atom stereocenters. The number of nitrogens with one attached hydrogen (secondary N) is 2. The van der Waals surface area contributed by atoms with Crippen LogP contribution < -0.4 is 5.32 Å². The van der Waals surface area contributed by atoms with Crippen LogP contribution in [0.15, 0.2) is 42.5 Å².